The molecule has 0 heterocycles. The Balaban J connectivity index is 0.000000165. The van der Waals surface area contributed by atoms with Crippen molar-refractivity contribution in [2.45, 2.75) is 0 Å². The molecule has 0 unspecified atom stereocenters. The normalized spacial score (nSPS) is 11.1. The number of para-hydroxylation sites is 6. The van der Waals surface area contributed by atoms with Gasteiger partial charge >= 0.3 is 588 Å². The summed E-state index contributed by atoms with van der Waals surface area (Å²) in [5, 5.41) is 0. The van der Waals surface area contributed by atoms with Crippen molar-refractivity contribution in [3.63, 3.8) is 0 Å². The maximum absolute atomic E-state index is 3.82. The van der Waals surface area contributed by atoms with Gasteiger partial charge in [0.25, 0.3) is 0 Å². The van der Waals surface area contributed by atoms with Crippen molar-refractivity contribution in [1.82, 2.24) is 0 Å². The van der Waals surface area contributed by atoms with Crippen LogP contribution in [0.4, 0.5) is 68.2 Å². The van der Waals surface area contributed by atoms with E-state index in [4.69, 9.17) is 0 Å². The zero-order chi connectivity index (χ0) is 68.6. The van der Waals surface area contributed by atoms with Gasteiger partial charge in [-0.2, -0.15) is 0 Å². The molecule has 0 saturated carbocycles. The van der Waals surface area contributed by atoms with E-state index in [9.17, 15) is 0 Å². The summed E-state index contributed by atoms with van der Waals surface area (Å²) in [6, 6.07) is 167. The quantitative estimate of drug-likeness (QED) is 0.0705. The molecule has 0 N–H and O–H groups in total. The van der Waals surface area contributed by atoms with E-state index >= 15 is 0 Å². The van der Waals surface area contributed by atoms with Crippen molar-refractivity contribution >= 4 is 132 Å². The van der Waals surface area contributed by atoms with E-state index in [0.717, 1.165) is 68.2 Å². The first-order valence-corrected chi connectivity index (χ1v) is 44.8. The Bertz CT molecular complexity index is 4630. The molecule has 0 atom stereocenters. The Kier molecular flexibility index (Phi) is 20.4. The average molecular weight is 1480 g/mol. The van der Waals surface area contributed by atoms with Crippen LogP contribution in [-0.2, 0) is 0 Å². The van der Waals surface area contributed by atoms with Crippen molar-refractivity contribution < 1.29 is 0 Å². The van der Waals surface area contributed by atoms with Gasteiger partial charge in [-0.1, -0.05) is 24.3 Å². The molecule has 0 saturated heterocycles. The minimum atomic E-state index is -3.82. The summed E-state index contributed by atoms with van der Waals surface area (Å²) in [7, 11) is 0. The van der Waals surface area contributed by atoms with Crippen molar-refractivity contribution in [1.29, 1.82) is 0 Å². The third-order valence-corrected chi connectivity index (χ3v) is 42.8. The molecule has 0 aliphatic rings. The maximum atomic E-state index is 2.46. The van der Waals surface area contributed by atoms with Crippen molar-refractivity contribution in [3.05, 3.63) is 461 Å². The Hall–Kier alpha value is -11.9. The Labute approximate surface area is 607 Å². The second kappa shape index (κ2) is 31.5. The number of hydrogen-bond donors (Lipinski definition) is 0. The van der Waals surface area contributed by atoms with Crippen molar-refractivity contribution in [2.75, 3.05) is 19.6 Å². The molecule has 0 spiro atoms. The molecule has 16 rings (SSSR count). The predicted octanol–water partition coefficient (Wildman–Crippen LogP) is 20.0. The summed E-state index contributed by atoms with van der Waals surface area (Å²) in [5.41, 5.74) is 13.4. The topological polar surface area (TPSA) is 13.0 Å². The van der Waals surface area contributed by atoms with Gasteiger partial charge in [-0.25, -0.2) is 0 Å². The van der Waals surface area contributed by atoms with E-state index < -0.39 is 31.6 Å². The van der Waals surface area contributed by atoms with E-state index in [1.54, 1.807) is 0 Å². The number of rotatable bonds is 20. The molecular weight excluding hydrogens is 1400 g/mol. The van der Waals surface area contributed by atoms with Crippen LogP contribution >= 0.6 is 0 Å². The van der Waals surface area contributed by atoms with Crippen LogP contribution in [0.25, 0.3) is 0 Å². The van der Waals surface area contributed by atoms with Gasteiger partial charge in [-0.05, 0) is 0 Å². The number of benzene rings is 16. The van der Waals surface area contributed by atoms with Gasteiger partial charge in [0.2, 0.25) is 0 Å². The van der Waals surface area contributed by atoms with E-state index in [0.29, 0.717) is 0 Å². The average Bonchev–Trinajstić information content (AvgIpc) is 0.737. The molecule has 488 valence electrons. The zero-order valence-corrected chi connectivity index (χ0v) is 61.6. The second-order valence-corrected chi connectivity index (χ2v) is 44.0. The molecule has 0 amide bonds. The Morgan fingerprint density at radius 3 is 0.578 bits per heavy atom. The fourth-order valence-corrected chi connectivity index (χ4v) is 38.3. The van der Waals surface area contributed by atoms with Crippen LogP contribution in [0.1, 0.15) is 0 Å². The first-order chi connectivity index (χ1) is 50.6. The van der Waals surface area contributed by atoms with Gasteiger partial charge in [-0.3, -0.25) is 0 Å². The third-order valence-electron chi connectivity index (χ3n) is 19.1. The van der Waals surface area contributed by atoms with Gasteiger partial charge in [0.05, 0.1) is 0 Å². The number of anilines is 12. The Morgan fingerprint density at radius 2 is 0.314 bits per heavy atom. The van der Waals surface area contributed by atoms with Gasteiger partial charge in [0.1, 0.15) is 0 Å². The SMILES string of the molecule is c1ccc(N(c2ccccc2)c2ccc(N(c3ccccc3)c3ccc[c]([Ge]([c]4ccccc4)([c]4ccccc4)[c]4ccccc4)c3)cc2)cc1.c1ccc(N(c2ccccc2)c2ccc(N(c3ccccc3)c3ccc[c]([Sn]([c]4ccccc4)([c]4ccccc4)[c]4ccccc4)c3)cc2)cc1. The summed E-state index contributed by atoms with van der Waals surface area (Å²) in [5.74, 6) is 0. The van der Waals surface area contributed by atoms with Crippen LogP contribution in [0.3, 0.4) is 0 Å². The first kappa shape index (κ1) is 66.0. The van der Waals surface area contributed by atoms with Crippen LogP contribution in [0.15, 0.2) is 461 Å². The Morgan fingerprint density at radius 1 is 0.137 bits per heavy atom. The molecule has 0 aliphatic heterocycles. The van der Waals surface area contributed by atoms with Crippen molar-refractivity contribution in [2.24, 2.45) is 0 Å². The summed E-state index contributed by atoms with van der Waals surface area (Å²) >= 11 is -7.29. The van der Waals surface area contributed by atoms with E-state index in [1.165, 1.54) is 31.9 Å². The molecule has 6 heteroatoms. The molecular formula is C96H76GeN4Sn. The number of hydrogen-bond acceptors (Lipinski definition) is 4. The summed E-state index contributed by atoms with van der Waals surface area (Å²) in [4.78, 5) is 9.38. The number of nitrogens with zero attached hydrogens (tertiary/aromatic N) is 4. The minimum absolute atomic E-state index is 1.10. The standard InChI is InChI=1S/C48H38GeN2.C30H23N2.3C6H5.Sn/c1-7-20-39(21-8-1)49(40-22-9-2-10-23-40,41-24-11-3-12-25-41)42-26-19-33-48(38-42)51(45-31-17-6-18-32-45)47-36-34-46(35-37-47)50(43-27-13-4-14-28-43)44-29-15-5-16-30-44;1-5-13-25(14-6-1)31(26-15-7-2-8-16-26)29-21-23-30(24-22-29)32(27-17-9-3-10-18-27)28-19-11-4-12-20-28;3*1-2-4-6-5-3-1;/h1-38H;1-11,13-24H;3*1-5H;. The summed E-state index contributed by atoms with van der Waals surface area (Å²) in [6.45, 7) is 0. The fourth-order valence-electron chi connectivity index (χ4n) is 14.6. The van der Waals surface area contributed by atoms with Gasteiger partial charge < -0.3 is 0 Å². The van der Waals surface area contributed by atoms with Crippen LogP contribution < -0.4 is 51.5 Å². The van der Waals surface area contributed by atoms with E-state index in [1.807, 2.05) is 0 Å². The van der Waals surface area contributed by atoms with Crippen LogP contribution in [0.5, 0.6) is 0 Å². The van der Waals surface area contributed by atoms with Crippen LogP contribution in [-0.4, -0.2) is 31.6 Å². The first-order valence-electron chi connectivity index (χ1n) is 34.9. The van der Waals surface area contributed by atoms with Gasteiger partial charge in [0, 0.05) is 0 Å². The molecule has 0 aliphatic carbocycles. The second-order valence-electron chi connectivity index (χ2n) is 25.2. The predicted molar refractivity (Wildman–Crippen MR) is 439 cm³/mol. The third kappa shape index (κ3) is 13.8. The van der Waals surface area contributed by atoms with E-state index in [-0.39, 0.29) is 0 Å². The molecule has 0 aromatic heterocycles. The van der Waals surface area contributed by atoms with Gasteiger partial charge in [-0.15, -0.1) is 0 Å². The van der Waals surface area contributed by atoms with Crippen LogP contribution in [0, 0.1) is 0 Å². The summed E-state index contributed by atoms with van der Waals surface area (Å²) < 4.78 is 11.3. The van der Waals surface area contributed by atoms with Gasteiger partial charge in [0.15, 0.2) is 0 Å². The molecule has 4 nitrogen and oxygen atoms in total. The molecule has 0 radical (unpaired) electrons. The molecule has 16 aromatic rings. The van der Waals surface area contributed by atoms with Crippen LogP contribution in [0.2, 0.25) is 0 Å². The zero-order valence-electron chi connectivity index (χ0n) is 56.7. The van der Waals surface area contributed by atoms with E-state index in [2.05, 4.69) is 481 Å². The summed E-state index contributed by atoms with van der Waals surface area (Å²) in [6.07, 6.45) is 0. The molecule has 0 bridgehead atoms. The monoisotopic (exact) mass is 1480 g/mol. The fraction of sp³-hybridized carbons (Fsp3) is 0. The molecule has 0 fully saturated rings. The van der Waals surface area contributed by atoms with Crippen molar-refractivity contribution in [3.8, 4) is 0 Å². The molecule has 102 heavy (non-hydrogen) atoms. The molecule has 16 aromatic carbocycles.